The topological polar surface area (TPSA) is 65.8 Å². The molecule has 0 fully saturated rings. The smallest absolute Gasteiger partial charge is 0.245 e. The number of hydrazone groups is 2. The van der Waals surface area contributed by atoms with E-state index in [-0.39, 0.29) is 0 Å². The molecule has 1 rings (SSSR count). The lowest BCUT2D eigenvalue weighted by Gasteiger charge is -1.98. The third-order valence-corrected chi connectivity index (χ3v) is 1.56. The molecule has 0 unspecified atom stereocenters. The summed E-state index contributed by atoms with van der Waals surface area (Å²) in [6.07, 6.45) is 1.56. The predicted molar refractivity (Wildman–Crippen MR) is 64.5 cm³/mol. The van der Waals surface area contributed by atoms with Crippen molar-refractivity contribution in [2.24, 2.45) is 10.2 Å². The molecule has 0 saturated heterocycles. The fraction of sp³-hybridized carbons (Fsp3) is 0.182. The van der Waals surface area contributed by atoms with E-state index in [2.05, 4.69) is 21.1 Å². The number of rotatable bonds is 3. The fourth-order valence-electron chi connectivity index (χ4n) is 0.892. The van der Waals surface area contributed by atoms with Crippen molar-refractivity contribution in [3.63, 3.8) is 0 Å². The maximum atomic E-state index is 11.1. The first-order chi connectivity index (χ1) is 7.68. The molecule has 0 saturated carbocycles. The van der Waals surface area contributed by atoms with Gasteiger partial charge in [0.05, 0.1) is 6.21 Å². The number of carbonyl (C=O) groups excluding carboxylic acids is 1. The standard InChI is InChI=1S/C11H14N4O/c1-9(2)13-15-11(16)14-12-8-10-6-4-3-5-7-10/h3-8H,1-2H3,(H2,14,15,16)/b12-8+. The summed E-state index contributed by atoms with van der Waals surface area (Å²) in [4.78, 5) is 11.1. The summed E-state index contributed by atoms with van der Waals surface area (Å²) in [6.45, 7) is 3.57. The minimum absolute atomic E-state index is 0.464. The minimum Gasteiger partial charge on any atom is -0.245 e. The largest absolute Gasteiger partial charge is 0.355 e. The highest BCUT2D eigenvalue weighted by Crippen LogP contribution is 1.92. The summed E-state index contributed by atoms with van der Waals surface area (Å²) < 4.78 is 0. The van der Waals surface area contributed by atoms with Gasteiger partial charge < -0.3 is 0 Å². The summed E-state index contributed by atoms with van der Waals surface area (Å²) in [7, 11) is 0. The van der Waals surface area contributed by atoms with Crippen LogP contribution >= 0.6 is 0 Å². The third kappa shape index (κ3) is 4.90. The van der Waals surface area contributed by atoms with Crippen LogP contribution in [0.1, 0.15) is 19.4 Å². The third-order valence-electron chi connectivity index (χ3n) is 1.56. The van der Waals surface area contributed by atoms with Crippen molar-refractivity contribution < 1.29 is 4.79 Å². The molecule has 16 heavy (non-hydrogen) atoms. The lowest BCUT2D eigenvalue weighted by molar-refractivity contribution is 0.242. The van der Waals surface area contributed by atoms with Crippen LogP contribution in [0.5, 0.6) is 0 Å². The van der Waals surface area contributed by atoms with E-state index in [9.17, 15) is 4.79 Å². The number of benzene rings is 1. The van der Waals surface area contributed by atoms with Crippen LogP contribution in [0.4, 0.5) is 4.79 Å². The SMILES string of the molecule is CC(C)=NNC(=O)N/N=C/c1ccccc1. The number of nitrogens with zero attached hydrogens (tertiary/aromatic N) is 2. The van der Waals surface area contributed by atoms with Gasteiger partial charge in [-0.05, 0) is 19.4 Å². The van der Waals surface area contributed by atoms with E-state index < -0.39 is 6.03 Å². The van der Waals surface area contributed by atoms with Gasteiger partial charge in [0, 0.05) is 5.71 Å². The van der Waals surface area contributed by atoms with E-state index in [0.29, 0.717) is 0 Å². The van der Waals surface area contributed by atoms with Crippen LogP contribution < -0.4 is 10.9 Å². The van der Waals surface area contributed by atoms with Gasteiger partial charge >= 0.3 is 6.03 Å². The van der Waals surface area contributed by atoms with Gasteiger partial charge in [-0.15, -0.1) is 0 Å². The monoisotopic (exact) mass is 218 g/mol. The van der Waals surface area contributed by atoms with Gasteiger partial charge in [-0.3, -0.25) is 0 Å². The first kappa shape index (κ1) is 11.9. The van der Waals surface area contributed by atoms with Crippen molar-refractivity contribution in [1.82, 2.24) is 10.9 Å². The molecule has 0 bridgehead atoms. The Hall–Kier alpha value is -2.17. The molecule has 1 aromatic rings. The predicted octanol–water partition coefficient (Wildman–Crippen LogP) is 1.72. The van der Waals surface area contributed by atoms with Gasteiger partial charge in [0.1, 0.15) is 0 Å². The molecule has 5 heteroatoms. The van der Waals surface area contributed by atoms with Crippen molar-refractivity contribution in [2.45, 2.75) is 13.8 Å². The average Bonchev–Trinajstić information content (AvgIpc) is 2.28. The molecule has 0 aromatic heterocycles. The zero-order valence-electron chi connectivity index (χ0n) is 9.27. The first-order valence-corrected chi connectivity index (χ1v) is 4.83. The van der Waals surface area contributed by atoms with Gasteiger partial charge in [0.25, 0.3) is 0 Å². The highest BCUT2D eigenvalue weighted by Gasteiger charge is 1.93. The van der Waals surface area contributed by atoms with Crippen LogP contribution in [-0.2, 0) is 0 Å². The Labute approximate surface area is 94.2 Å². The van der Waals surface area contributed by atoms with Crippen LogP contribution in [0.15, 0.2) is 40.5 Å². The summed E-state index contributed by atoms with van der Waals surface area (Å²) >= 11 is 0. The molecule has 0 aliphatic carbocycles. The van der Waals surface area contributed by atoms with E-state index >= 15 is 0 Å². The van der Waals surface area contributed by atoms with Crippen molar-refractivity contribution >= 4 is 18.0 Å². The Morgan fingerprint density at radius 2 is 1.88 bits per heavy atom. The Kier molecular flexibility index (Phi) is 4.72. The van der Waals surface area contributed by atoms with Gasteiger partial charge in [-0.25, -0.2) is 15.6 Å². The fourth-order valence-corrected chi connectivity index (χ4v) is 0.892. The van der Waals surface area contributed by atoms with Crippen LogP contribution in [0, 0.1) is 0 Å². The first-order valence-electron chi connectivity index (χ1n) is 4.83. The molecule has 0 atom stereocenters. The number of nitrogens with one attached hydrogen (secondary N) is 2. The molecule has 0 heterocycles. The molecule has 2 N–H and O–H groups in total. The summed E-state index contributed by atoms with van der Waals surface area (Å²) in [5.74, 6) is 0. The second-order valence-electron chi connectivity index (χ2n) is 3.28. The van der Waals surface area contributed by atoms with Gasteiger partial charge in [-0.1, -0.05) is 30.3 Å². The molecule has 1 aromatic carbocycles. The van der Waals surface area contributed by atoms with E-state index in [1.54, 1.807) is 20.1 Å². The lowest BCUT2D eigenvalue weighted by atomic mass is 10.2. The Morgan fingerprint density at radius 3 is 2.50 bits per heavy atom. The van der Waals surface area contributed by atoms with E-state index in [0.717, 1.165) is 11.3 Å². The molecular weight excluding hydrogens is 204 g/mol. The van der Waals surface area contributed by atoms with E-state index in [1.807, 2.05) is 30.3 Å². The van der Waals surface area contributed by atoms with E-state index in [1.165, 1.54) is 0 Å². The molecule has 0 aliphatic rings. The summed E-state index contributed by atoms with van der Waals surface area (Å²) in [6, 6.07) is 9.01. The number of urea groups is 1. The molecule has 0 radical (unpaired) electrons. The summed E-state index contributed by atoms with van der Waals surface area (Å²) in [5, 5.41) is 7.49. The molecule has 0 aliphatic heterocycles. The number of carbonyl (C=O) groups is 1. The maximum Gasteiger partial charge on any atom is 0.355 e. The second kappa shape index (κ2) is 6.34. The van der Waals surface area contributed by atoms with Crippen LogP contribution in [0.2, 0.25) is 0 Å². The highest BCUT2D eigenvalue weighted by molar-refractivity contribution is 5.83. The normalized spacial score (nSPS) is 9.88. The zero-order chi connectivity index (χ0) is 11.8. The van der Waals surface area contributed by atoms with Gasteiger partial charge in [0.2, 0.25) is 0 Å². The molecular formula is C11H14N4O. The van der Waals surface area contributed by atoms with Crippen LogP contribution in [0.25, 0.3) is 0 Å². The van der Waals surface area contributed by atoms with Crippen molar-refractivity contribution in [1.29, 1.82) is 0 Å². The summed E-state index contributed by atoms with van der Waals surface area (Å²) in [5.41, 5.74) is 6.27. The molecule has 5 nitrogen and oxygen atoms in total. The van der Waals surface area contributed by atoms with Crippen molar-refractivity contribution in [3.05, 3.63) is 35.9 Å². The Morgan fingerprint density at radius 1 is 1.19 bits per heavy atom. The van der Waals surface area contributed by atoms with Crippen LogP contribution in [-0.4, -0.2) is 18.0 Å². The van der Waals surface area contributed by atoms with Crippen molar-refractivity contribution in [2.75, 3.05) is 0 Å². The van der Waals surface area contributed by atoms with Gasteiger partial charge in [-0.2, -0.15) is 10.2 Å². The average molecular weight is 218 g/mol. The zero-order valence-corrected chi connectivity index (χ0v) is 9.27. The van der Waals surface area contributed by atoms with Gasteiger partial charge in [0.15, 0.2) is 0 Å². The molecule has 84 valence electrons. The minimum atomic E-state index is -0.464. The van der Waals surface area contributed by atoms with E-state index in [4.69, 9.17) is 0 Å². The lowest BCUT2D eigenvalue weighted by Crippen LogP contribution is -2.28. The maximum absolute atomic E-state index is 11.1. The Balaban J connectivity index is 2.37. The number of amides is 2. The molecule has 0 spiro atoms. The Bertz CT molecular complexity index is 394. The molecule has 2 amide bonds. The van der Waals surface area contributed by atoms with Crippen molar-refractivity contribution in [3.8, 4) is 0 Å². The highest BCUT2D eigenvalue weighted by atomic mass is 16.2. The van der Waals surface area contributed by atoms with Crippen LogP contribution in [0.3, 0.4) is 0 Å². The quantitative estimate of drug-likeness (QED) is 0.588. The number of hydrogen-bond donors (Lipinski definition) is 2. The second-order valence-corrected chi connectivity index (χ2v) is 3.28. The number of hydrogen-bond acceptors (Lipinski definition) is 3.